The normalized spacial score (nSPS) is 27.0. The van der Waals surface area contributed by atoms with Gasteiger partial charge in [0.25, 0.3) is 0 Å². The lowest BCUT2D eigenvalue weighted by molar-refractivity contribution is -0.0327. The van der Waals surface area contributed by atoms with Crippen molar-refractivity contribution < 1.29 is 17.9 Å². The van der Waals surface area contributed by atoms with Crippen molar-refractivity contribution in [3.63, 3.8) is 0 Å². The summed E-state index contributed by atoms with van der Waals surface area (Å²) in [6, 6.07) is 0.313. The van der Waals surface area contributed by atoms with E-state index in [0.29, 0.717) is 12.6 Å². The Morgan fingerprint density at radius 2 is 2.12 bits per heavy atom. The lowest BCUT2D eigenvalue weighted by Crippen LogP contribution is -2.37. The number of thioether (sulfide) groups is 1. The zero-order valence-electron chi connectivity index (χ0n) is 9.35. The van der Waals surface area contributed by atoms with E-state index in [4.69, 9.17) is 4.74 Å². The molecule has 1 rings (SSSR count). The molecule has 16 heavy (non-hydrogen) atoms. The second-order valence-corrected chi connectivity index (χ2v) is 5.13. The van der Waals surface area contributed by atoms with E-state index in [2.05, 4.69) is 5.32 Å². The SMILES string of the molecule is COC1CCCC(NCCSC(F)(F)F)C1. The smallest absolute Gasteiger partial charge is 0.381 e. The molecule has 0 aliphatic heterocycles. The van der Waals surface area contributed by atoms with Crippen LogP contribution in [0.1, 0.15) is 25.7 Å². The van der Waals surface area contributed by atoms with Gasteiger partial charge in [-0.2, -0.15) is 13.2 Å². The number of ether oxygens (including phenoxy) is 1. The molecule has 0 aromatic rings. The molecule has 2 nitrogen and oxygen atoms in total. The number of hydrogen-bond acceptors (Lipinski definition) is 3. The van der Waals surface area contributed by atoms with E-state index in [1.807, 2.05) is 0 Å². The molecule has 0 heterocycles. The van der Waals surface area contributed by atoms with Crippen LogP contribution in [-0.4, -0.2) is 37.1 Å². The molecule has 0 radical (unpaired) electrons. The van der Waals surface area contributed by atoms with Gasteiger partial charge in [0.2, 0.25) is 0 Å². The fraction of sp³-hybridized carbons (Fsp3) is 1.00. The minimum Gasteiger partial charge on any atom is -0.381 e. The number of halogens is 3. The van der Waals surface area contributed by atoms with E-state index in [9.17, 15) is 13.2 Å². The Kier molecular flexibility index (Phi) is 5.92. The predicted octanol–water partition coefficient (Wildman–Crippen LogP) is 2.79. The summed E-state index contributed by atoms with van der Waals surface area (Å²) in [7, 11) is 1.69. The van der Waals surface area contributed by atoms with Gasteiger partial charge < -0.3 is 10.1 Å². The molecular formula is C10H18F3NOS. The van der Waals surface area contributed by atoms with Crippen molar-refractivity contribution in [2.75, 3.05) is 19.4 Å². The van der Waals surface area contributed by atoms with Gasteiger partial charge in [0, 0.05) is 25.4 Å². The molecule has 2 unspecified atom stereocenters. The average molecular weight is 257 g/mol. The fourth-order valence-corrected chi connectivity index (χ4v) is 2.43. The Balaban J connectivity index is 2.08. The van der Waals surface area contributed by atoms with E-state index >= 15 is 0 Å². The molecule has 2 atom stereocenters. The Morgan fingerprint density at radius 3 is 2.75 bits per heavy atom. The van der Waals surface area contributed by atoms with Crippen LogP contribution in [0.2, 0.25) is 0 Å². The summed E-state index contributed by atoms with van der Waals surface area (Å²) in [5.74, 6) is 0.0810. The van der Waals surface area contributed by atoms with Gasteiger partial charge in [0.05, 0.1) is 6.10 Å². The number of hydrogen-bond donors (Lipinski definition) is 1. The number of rotatable bonds is 5. The summed E-state index contributed by atoms with van der Waals surface area (Å²) in [5.41, 5.74) is -4.11. The van der Waals surface area contributed by atoms with Crippen LogP contribution in [0.3, 0.4) is 0 Å². The van der Waals surface area contributed by atoms with Gasteiger partial charge in [-0.25, -0.2) is 0 Å². The maximum Gasteiger partial charge on any atom is 0.441 e. The molecule has 0 spiro atoms. The van der Waals surface area contributed by atoms with E-state index in [1.165, 1.54) is 0 Å². The molecule has 1 saturated carbocycles. The Morgan fingerprint density at radius 1 is 1.38 bits per heavy atom. The van der Waals surface area contributed by atoms with Gasteiger partial charge in [-0.15, -0.1) is 0 Å². The molecule has 1 N–H and O–H groups in total. The maximum atomic E-state index is 11.9. The second kappa shape index (κ2) is 6.71. The summed E-state index contributed by atoms with van der Waals surface area (Å²) in [6.07, 6.45) is 4.36. The highest BCUT2D eigenvalue weighted by Gasteiger charge is 2.27. The van der Waals surface area contributed by atoms with E-state index < -0.39 is 5.51 Å². The summed E-state index contributed by atoms with van der Waals surface area (Å²) in [5, 5.41) is 3.16. The summed E-state index contributed by atoms with van der Waals surface area (Å²) < 4.78 is 40.8. The molecule has 1 fully saturated rings. The van der Waals surface area contributed by atoms with Crippen LogP contribution in [0.5, 0.6) is 0 Å². The van der Waals surface area contributed by atoms with Gasteiger partial charge in [-0.05, 0) is 37.4 Å². The minimum absolute atomic E-state index is 0.0349. The summed E-state index contributed by atoms with van der Waals surface area (Å²) in [4.78, 5) is 0. The van der Waals surface area contributed by atoms with Crippen molar-refractivity contribution in [1.29, 1.82) is 0 Å². The molecule has 1 aliphatic carbocycles. The molecular weight excluding hydrogens is 239 g/mol. The second-order valence-electron chi connectivity index (χ2n) is 3.97. The molecule has 0 amide bonds. The molecule has 0 aromatic heterocycles. The Hall–Kier alpha value is 0.0600. The zero-order chi connectivity index (χ0) is 12.0. The third kappa shape index (κ3) is 5.96. The number of methoxy groups -OCH3 is 1. The van der Waals surface area contributed by atoms with Gasteiger partial charge in [-0.1, -0.05) is 0 Å². The van der Waals surface area contributed by atoms with Crippen molar-refractivity contribution in [3.8, 4) is 0 Å². The van der Waals surface area contributed by atoms with Gasteiger partial charge in [-0.3, -0.25) is 0 Å². The zero-order valence-corrected chi connectivity index (χ0v) is 10.2. The number of alkyl halides is 3. The van der Waals surface area contributed by atoms with Crippen molar-refractivity contribution in [2.45, 2.75) is 43.3 Å². The van der Waals surface area contributed by atoms with Crippen molar-refractivity contribution in [2.24, 2.45) is 0 Å². The summed E-state index contributed by atoms with van der Waals surface area (Å²) in [6.45, 7) is 0.408. The first kappa shape index (κ1) is 14.1. The predicted molar refractivity (Wildman–Crippen MR) is 59.6 cm³/mol. The highest BCUT2D eigenvalue weighted by atomic mass is 32.2. The maximum absolute atomic E-state index is 11.9. The quantitative estimate of drug-likeness (QED) is 0.765. The third-order valence-electron chi connectivity index (χ3n) is 2.76. The van der Waals surface area contributed by atoms with Crippen LogP contribution >= 0.6 is 11.8 Å². The molecule has 0 saturated heterocycles. The monoisotopic (exact) mass is 257 g/mol. The molecule has 0 aromatic carbocycles. The van der Waals surface area contributed by atoms with Crippen LogP contribution in [0.4, 0.5) is 13.2 Å². The number of nitrogens with one attached hydrogen (secondary N) is 1. The fourth-order valence-electron chi connectivity index (χ4n) is 1.97. The third-order valence-corrected chi connectivity index (χ3v) is 3.50. The topological polar surface area (TPSA) is 21.3 Å². The van der Waals surface area contributed by atoms with Crippen molar-refractivity contribution in [1.82, 2.24) is 5.32 Å². The van der Waals surface area contributed by atoms with Gasteiger partial charge in [0.1, 0.15) is 0 Å². The van der Waals surface area contributed by atoms with Crippen LogP contribution in [0, 0.1) is 0 Å². The molecule has 96 valence electrons. The summed E-state index contributed by atoms with van der Waals surface area (Å²) >= 11 is 0.0349. The lowest BCUT2D eigenvalue weighted by Gasteiger charge is -2.28. The van der Waals surface area contributed by atoms with Crippen molar-refractivity contribution in [3.05, 3.63) is 0 Å². The first-order valence-corrected chi connectivity index (χ1v) is 6.46. The standard InChI is InChI=1S/C10H18F3NOS/c1-15-9-4-2-3-8(7-9)14-5-6-16-10(11,12)13/h8-9,14H,2-7H2,1H3. The van der Waals surface area contributed by atoms with Crippen LogP contribution in [0.15, 0.2) is 0 Å². The highest BCUT2D eigenvalue weighted by Crippen LogP contribution is 2.29. The Bertz CT molecular complexity index is 201. The highest BCUT2D eigenvalue weighted by molar-refractivity contribution is 8.00. The molecule has 0 bridgehead atoms. The first-order valence-electron chi connectivity index (χ1n) is 5.48. The van der Waals surface area contributed by atoms with Crippen LogP contribution in [0.25, 0.3) is 0 Å². The van der Waals surface area contributed by atoms with E-state index in [0.717, 1.165) is 25.7 Å². The first-order chi connectivity index (χ1) is 7.51. The van der Waals surface area contributed by atoms with Gasteiger partial charge in [0.15, 0.2) is 0 Å². The van der Waals surface area contributed by atoms with E-state index in [-0.39, 0.29) is 23.6 Å². The molecule has 1 aliphatic rings. The largest absolute Gasteiger partial charge is 0.441 e. The lowest BCUT2D eigenvalue weighted by atomic mass is 9.93. The van der Waals surface area contributed by atoms with Gasteiger partial charge >= 0.3 is 5.51 Å². The average Bonchev–Trinajstić information content (AvgIpc) is 2.23. The molecule has 6 heteroatoms. The van der Waals surface area contributed by atoms with E-state index in [1.54, 1.807) is 7.11 Å². The van der Waals surface area contributed by atoms with Crippen LogP contribution in [-0.2, 0) is 4.74 Å². The van der Waals surface area contributed by atoms with Crippen LogP contribution < -0.4 is 5.32 Å². The Labute approximate surface area is 98.3 Å². The van der Waals surface area contributed by atoms with Crippen molar-refractivity contribution >= 4 is 11.8 Å². The minimum atomic E-state index is -4.11.